The molecule has 1 aliphatic heterocycles. The highest BCUT2D eigenvalue weighted by molar-refractivity contribution is 6.39. The first-order valence-corrected chi connectivity index (χ1v) is 9.21. The maximum atomic E-state index is 12.4. The normalized spacial score (nSPS) is 14.0. The fourth-order valence-corrected chi connectivity index (χ4v) is 3.12. The van der Waals surface area contributed by atoms with Gasteiger partial charge >= 0.3 is 11.8 Å². The number of carbonyl (C=O) groups is 2. The van der Waals surface area contributed by atoms with Crippen LogP contribution in [0.5, 0.6) is 5.75 Å². The molecular formula is C21H25N3O3. The summed E-state index contributed by atoms with van der Waals surface area (Å²) in [5, 5.41) is 2.66. The summed E-state index contributed by atoms with van der Waals surface area (Å²) in [5.41, 5.74) is 2.94. The molecule has 1 N–H and O–H groups in total. The van der Waals surface area contributed by atoms with Crippen molar-refractivity contribution in [1.82, 2.24) is 4.90 Å². The van der Waals surface area contributed by atoms with E-state index in [1.54, 1.807) is 29.2 Å². The van der Waals surface area contributed by atoms with Crippen LogP contribution in [0, 0.1) is 6.92 Å². The molecule has 2 aromatic rings. The highest BCUT2D eigenvalue weighted by Crippen LogP contribution is 2.18. The number of rotatable bonds is 4. The van der Waals surface area contributed by atoms with E-state index in [1.807, 2.05) is 13.0 Å². The molecule has 2 amide bonds. The summed E-state index contributed by atoms with van der Waals surface area (Å²) in [6, 6.07) is 15.3. The molecule has 0 atom stereocenters. The largest absolute Gasteiger partial charge is 0.494 e. The number of piperazine rings is 1. The third-order valence-corrected chi connectivity index (χ3v) is 4.55. The smallest absolute Gasteiger partial charge is 0.313 e. The van der Waals surface area contributed by atoms with Crippen LogP contribution in [0.1, 0.15) is 12.5 Å². The molecule has 0 saturated carbocycles. The van der Waals surface area contributed by atoms with Crippen molar-refractivity contribution in [3.63, 3.8) is 0 Å². The monoisotopic (exact) mass is 367 g/mol. The van der Waals surface area contributed by atoms with E-state index in [9.17, 15) is 9.59 Å². The third kappa shape index (κ3) is 4.78. The van der Waals surface area contributed by atoms with Gasteiger partial charge in [-0.2, -0.15) is 0 Å². The number of aryl methyl sites for hydroxylation is 1. The molecule has 0 aliphatic carbocycles. The van der Waals surface area contributed by atoms with Gasteiger partial charge < -0.3 is 19.9 Å². The molecule has 0 spiro atoms. The Bertz CT molecular complexity index is 797. The summed E-state index contributed by atoms with van der Waals surface area (Å²) in [7, 11) is 0. The molecule has 1 fully saturated rings. The van der Waals surface area contributed by atoms with Crippen LogP contribution in [0.25, 0.3) is 0 Å². The summed E-state index contributed by atoms with van der Waals surface area (Å²) in [4.78, 5) is 28.6. The SMILES string of the molecule is CCOc1ccc(NC(=O)C(=O)N2CCN(c3cccc(C)c3)CC2)cc1. The molecule has 0 unspecified atom stereocenters. The van der Waals surface area contributed by atoms with Gasteiger partial charge in [-0.05, 0) is 55.8 Å². The van der Waals surface area contributed by atoms with Crippen LogP contribution in [0.2, 0.25) is 0 Å². The Morgan fingerprint density at radius 2 is 1.74 bits per heavy atom. The minimum absolute atomic E-state index is 0.493. The van der Waals surface area contributed by atoms with Gasteiger partial charge in [-0.1, -0.05) is 12.1 Å². The Balaban J connectivity index is 1.53. The average Bonchev–Trinajstić information content (AvgIpc) is 2.69. The number of amides is 2. The molecule has 0 aromatic heterocycles. The van der Waals surface area contributed by atoms with Gasteiger partial charge in [-0.25, -0.2) is 0 Å². The van der Waals surface area contributed by atoms with Crippen LogP contribution in [0.3, 0.4) is 0 Å². The Hall–Kier alpha value is -3.02. The van der Waals surface area contributed by atoms with Crippen LogP contribution in [0.15, 0.2) is 48.5 Å². The van der Waals surface area contributed by atoms with E-state index in [-0.39, 0.29) is 0 Å². The lowest BCUT2D eigenvalue weighted by Gasteiger charge is -2.35. The van der Waals surface area contributed by atoms with Gasteiger partial charge in [0.1, 0.15) is 5.75 Å². The Morgan fingerprint density at radius 3 is 2.37 bits per heavy atom. The van der Waals surface area contributed by atoms with Crippen LogP contribution in [0.4, 0.5) is 11.4 Å². The van der Waals surface area contributed by atoms with E-state index in [4.69, 9.17) is 4.74 Å². The third-order valence-electron chi connectivity index (χ3n) is 4.55. The van der Waals surface area contributed by atoms with Crippen LogP contribution in [-0.4, -0.2) is 49.5 Å². The van der Waals surface area contributed by atoms with Gasteiger partial charge in [0, 0.05) is 37.6 Å². The maximum Gasteiger partial charge on any atom is 0.313 e. The lowest BCUT2D eigenvalue weighted by atomic mass is 10.2. The van der Waals surface area contributed by atoms with Crippen molar-refractivity contribution >= 4 is 23.2 Å². The second-order valence-corrected chi connectivity index (χ2v) is 6.53. The maximum absolute atomic E-state index is 12.4. The van der Waals surface area contributed by atoms with E-state index < -0.39 is 11.8 Å². The van der Waals surface area contributed by atoms with Gasteiger partial charge in [0.05, 0.1) is 6.61 Å². The van der Waals surface area contributed by atoms with Crippen molar-refractivity contribution in [2.75, 3.05) is 43.0 Å². The van der Waals surface area contributed by atoms with Crippen molar-refractivity contribution in [2.45, 2.75) is 13.8 Å². The molecule has 142 valence electrons. The minimum atomic E-state index is -0.608. The first-order chi connectivity index (χ1) is 13.1. The number of benzene rings is 2. The zero-order chi connectivity index (χ0) is 19.2. The van der Waals surface area contributed by atoms with E-state index in [2.05, 4.69) is 35.3 Å². The highest BCUT2D eigenvalue weighted by Gasteiger charge is 2.26. The van der Waals surface area contributed by atoms with Gasteiger partial charge in [0.2, 0.25) is 0 Å². The van der Waals surface area contributed by atoms with Crippen molar-refractivity contribution in [3.8, 4) is 5.75 Å². The topological polar surface area (TPSA) is 61.9 Å². The Morgan fingerprint density at radius 1 is 1.04 bits per heavy atom. The van der Waals surface area contributed by atoms with Gasteiger partial charge in [0.15, 0.2) is 0 Å². The molecule has 6 nitrogen and oxygen atoms in total. The molecule has 27 heavy (non-hydrogen) atoms. The number of hydrogen-bond acceptors (Lipinski definition) is 4. The number of carbonyl (C=O) groups excluding carboxylic acids is 2. The van der Waals surface area contributed by atoms with Crippen LogP contribution in [-0.2, 0) is 9.59 Å². The van der Waals surface area contributed by atoms with Gasteiger partial charge in [0.25, 0.3) is 0 Å². The number of nitrogens with one attached hydrogen (secondary N) is 1. The van der Waals surface area contributed by atoms with E-state index >= 15 is 0 Å². The summed E-state index contributed by atoms with van der Waals surface area (Å²) >= 11 is 0. The summed E-state index contributed by atoms with van der Waals surface area (Å²) in [5.74, 6) is -0.370. The van der Waals surface area contributed by atoms with Gasteiger partial charge in [-0.15, -0.1) is 0 Å². The Labute approximate surface area is 159 Å². The second-order valence-electron chi connectivity index (χ2n) is 6.53. The molecule has 0 radical (unpaired) electrons. The first-order valence-electron chi connectivity index (χ1n) is 9.21. The standard InChI is InChI=1S/C21H25N3O3/c1-3-27-19-9-7-17(8-10-19)22-20(25)21(26)24-13-11-23(12-14-24)18-6-4-5-16(2)15-18/h4-10,15H,3,11-14H2,1-2H3,(H,22,25). The lowest BCUT2D eigenvalue weighted by Crippen LogP contribution is -2.51. The molecule has 1 aliphatic rings. The fourth-order valence-electron chi connectivity index (χ4n) is 3.12. The molecule has 1 saturated heterocycles. The van der Waals surface area contributed by atoms with Crippen LogP contribution >= 0.6 is 0 Å². The summed E-state index contributed by atoms with van der Waals surface area (Å²) in [6.07, 6.45) is 0. The van der Waals surface area contributed by atoms with E-state index in [0.717, 1.165) is 11.4 Å². The average molecular weight is 367 g/mol. The quantitative estimate of drug-likeness (QED) is 0.844. The fraction of sp³-hybridized carbons (Fsp3) is 0.333. The number of hydrogen-bond donors (Lipinski definition) is 1. The number of anilines is 2. The summed E-state index contributed by atoms with van der Waals surface area (Å²) in [6.45, 7) is 7.05. The molecule has 6 heteroatoms. The number of ether oxygens (including phenoxy) is 1. The molecule has 2 aromatic carbocycles. The van der Waals surface area contributed by atoms with Crippen molar-refractivity contribution in [2.24, 2.45) is 0 Å². The van der Waals surface area contributed by atoms with E-state index in [1.165, 1.54) is 5.56 Å². The van der Waals surface area contributed by atoms with Crippen molar-refractivity contribution in [1.29, 1.82) is 0 Å². The van der Waals surface area contributed by atoms with Crippen molar-refractivity contribution < 1.29 is 14.3 Å². The summed E-state index contributed by atoms with van der Waals surface area (Å²) < 4.78 is 5.37. The lowest BCUT2D eigenvalue weighted by molar-refractivity contribution is -0.143. The van der Waals surface area contributed by atoms with Crippen molar-refractivity contribution in [3.05, 3.63) is 54.1 Å². The van der Waals surface area contributed by atoms with Gasteiger partial charge in [-0.3, -0.25) is 9.59 Å². The molecule has 0 bridgehead atoms. The first kappa shape index (κ1) is 18.8. The number of nitrogens with zero attached hydrogens (tertiary/aromatic N) is 2. The zero-order valence-corrected chi connectivity index (χ0v) is 15.8. The minimum Gasteiger partial charge on any atom is -0.494 e. The molecule has 3 rings (SSSR count). The Kier molecular flexibility index (Phi) is 5.96. The predicted molar refractivity (Wildman–Crippen MR) is 106 cm³/mol. The van der Waals surface area contributed by atoms with Crippen LogP contribution < -0.4 is 15.0 Å². The van der Waals surface area contributed by atoms with E-state index in [0.29, 0.717) is 38.5 Å². The predicted octanol–water partition coefficient (Wildman–Crippen LogP) is 2.68. The highest BCUT2D eigenvalue weighted by atomic mass is 16.5. The zero-order valence-electron chi connectivity index (χ0n) is 15.8. The second kappa shape index (κ2) is 8.58. The molecule has 1 heterocycles. The molecular weight excluding hydrogens is 342 g/mol.